The first-order valence-corrected chi connectivity index (χ1v) is 10.1. The fraction of sp³-hybridized carbons (Fsp3) is 0.684. The van der Waals surface area contributed by atoms with Gasteiger partial charge in [-0.1, -0.05) is 0 Å². The van der Waals surface area contributed by atoms with Gasteiger partial charge in [-0.2, -0.15) is 0 Å². The highest BCUT2D eigenvalue weighted by Crippen LogP contribution is 2.24. The molecule has 1 aromatic rings. The minimum Gasteiger partial charge on any atom is -0.342 e. The number of carbonyl (C=O) groups is 3. The van der Waals surface area contributed by atoms with Crippen molar-refractivity contribution in [3.63, 3.8) is 0 Å². The third-order valence-electron chi connectivity index (χ3n) is 6.05. The Hall–Kier alpha value is -2.42. The largest absolute Gasteiger partial charge is 0.342 e. The van der Waals surface area contributed by atoms with Crippen LogP contribution in [0, 0.1) is 0 Å². The van der Waals surface area contributed by atoms with Crippen LogP contribution < -0.4 is 0 Å². The molecule has 4 rings (SSSR count). The number of hydrogen-bond acceptors (Lipinski definition) is 5. The highest BCUT2D eigenvalue weighted by atomic mass is 16.2. The summed E-state index contributed by atoms with van der Waals surface area (Å²) in [6.45, 7) is 5.91. The second-order valence-electron chi connectivity index (χ2n) is 7.87. The van der Waals surface area contributed by atoms with Gasteiger partial charge in [-0.05, 0) is 26.3 Å². The van der Waals surface area contributed by atoms with E-state index in [9.17, 15) is 14.4 Å². The number of likely N-dealkylation sites (N-methyl/N-ethyl adjacent to an activating group) is 1. The molecule has 1 aromatic heterocycles. The van der Waals surface area contributed by atoms with Gasteiger partial charge in [0.15, 0.2) is 5.82 Å². The fourth-order valence-electron chi connectivity index (χ4n) is 4.21. The first-order chi connectivity index (χ1) is 13.6. The van der Waals surface area contributed by atoms with E-state index in [2.05, 4.69) is 16.9 Å². The summed E-state index contributed by atoms with van der Waals surface area (Å²) in [6.07, 6.45) is 3.62. The van der Waals surface area contributed by atoms with E-state index in [0.717, 1.165) is 51.0 Å². The van der Waals surface area contributed by atoms with Crippen LogP contribution in [0.3, 0.4) is 0 Å². The Morgan fingerprint density at radius 1 is 0.857 bits per heavy atom. The van der Waals surface area contributed by atoms with Crippen molar-refractivity contribution in [3.05, 3.63) is 17.2 Å². The smallest absolute Gasteiger partial charge is 0.290 e. The molecule has 0 bridgehead atoms. The van der Waals surface area contributed by atoms with Gasteiger partial charge in [0.25, 0.3) is 11.8 Å². The minimum absolute atomic E-state index is 0.0522. The van der Waals surface area contributed by atoms with Crippen LogP contribution in [0.25, 0.3) is 0 Å². The molecule has 0 atom stereocenters. The SMILES string of the molecule is CN1CCN(C(=O)c2nc(C(=O)N3CCN(C=O)CC3)n3c2CCCC3)CC1. The van der Waals surface area contributed by atoms with E-state index in [1.807, 2.05) is 9.47 Å². The zero-order valence-electron chi connectivity index (χ0n) is 16.5. The minimum atomic E-state index is -0.133. The average Bonchev–Trinajstić information content (AvgIpc) is 3.13. The van der Waals surface area contributed by atoms with Gasteiger partial charge in [0.05, 0.1) is 5.69 Å². The first kappa shape index (κ1) is 18.9. The number of nitrogens with zero attached hydrogens (tertiary/aromatic N) is 6. The van der Waals surface area contributed by atoms with E-state index >= 15 is 0 Å². The number of carbonyl (C=O) groups excluding carboxylic acids is 3. The summed E-state index contributed by atoms with van der Waals surface area (Å²) in [7, 11) is 2.06. The van der Waals surface area contributed by atoms with Crippen molar-refractivity contribution in [2.75, 3.05) is 59.4 Å². The molecular weight excluding hydrogens is 360 g/mol. The molecule has 0 spiro atoms. The van der Waals surface area contributed by atoms with E-state index in [1.165, 1.54) is 0 Å². The van der Waals surface area contributed by atoms with Crippen LogP contribution in [0.2, 0.25) is 0 Å². The predicted molar refractivity (Wildman–Crippen MR) is 102 cm³/mol. The highest BCUT2D eigenvalue weighted by molar-refractivity contribution is 5.97. The highest BCUT2D eigenvalue weighted by Gasteiger charge is 2.33. The summed E-state index contributed by atoms with van der Waals surface area (Å²) in [4.78, 5) is 49.2. The molecule has 0 radical (unpaired) electrons. The number of piperazine rings is 2. The lowest BCUT2D eigenvalue weighted by Crippen LogP contribution is -2.48. The van der Waals surface area contributed by atoms with Gasteiger partial charge in [-0.25, -0.2) is 4.98 Å². The van der Waals surface area contributed by atoms with Crippen LogP contribution in [-0.2, 0) is 17.8 Å². The van der Waals surface area contributed by atoms with Crippen LogP contribution in [0.4, 0.5) is 0 Å². The standard InChI is InChI=1S/C19H28N6O3/c1-21-6-10-23(11-7-21)18(27)16-15-4-2-3-5-25(15)17(20-16)19(28)24-12-8-22(14-26)9-13-24/h14H,2-13H2,1H3. The Bertz CT molecular complexity index is 760. The van der Waals surface area contributed by atoms with Crippen molar-refractivity contribution < 1.29 is 14.4 Å². The normalized spacial score (nSPS) is 20.8. The number of amides is 3. The lowest BCUT2D eigenvalue weighted by Gasteiger charge is -2.32. The van der Waals surface area contributed by atoms with Gasteiger partial charge < -0.3 is 24.2 Å². The van der Waals surface area contributed by atoms with Crippen molar-refractivity contribution in [1.82, 2.24) is 29.2 Å². The van der Waals surface area contributed by atoms with Crippen LogP contribution >= 0.6 is 0 Å². The van der Waals surface area contributed by atoms with E-state index in [0.29, 0.717) is 50.8 Å². The Kier molecular flexibility index (Phi) is 5.34. The topological polar surface area (TPSA) is 82.0 Å². The number of aromatic nitrogens is 2. The summed E-state index contributed by atoms with van der Waals surface area (Å²) in [5.41, 5.74) is 1.36. The number of hydrogen-bond donors (Lipinski definition) is 0. The van der Waals surface area contributed by atoms with Gasteiger partial charge in [0.1, 0.15) is 5.69 Å². The summed E-state index contributed by atoms with van der Waals surface area (Å²) in [5, 5.41) is 0. The molecule has 3 aliphatic rings. The molecule has 2 saturated heterocycles. The summed E-state index contributed by atoms with van der Waals surface area (Å²) < 4.78 is 1.96. The monoisotopic (exact) mass is 388 g/mol. The van der Waals surface area contributed by atoms with E-state index < -0.39 is 0 Å². The average molecular weight is 388 g/mol. The Labute approximate surface area is 164 Å². The van der Waals surface area contributed by atoms with Gasteiger partial charge in [0.2, 0.25) is 6.41 Å². The maximum atomic E-state index is 13.1. The summed E-state index contributed by atoms with van der Waals surface area (Å²) in [5.74, 6) is 0.196. The molecule has 0 unspecified atom stereocenters. The molecule has 152 valence electrons. The molecule has 0 saturated carbocycles. The zero-order chi connectivity index (χ0) is 19.7. The molecule has 9 nitrogen and oxygen atoms in total. The summed E-state index contributed by atoms with van der Waals surface area (Å²) >= 11 is 0. The van der Waals surface area contributed by atoms with Gasteiger partial charge >= 0.3 is 0 Å². The van der Waals surface area contributed by atoms with Crippen LogP contribution in [-0.4, -0.2) is 107 Å². The second kappa shape index (κ2) is 7.90. The maximum absolute atomic E-state index is 13.1. The lowest BCUT2D eigenvalue weighted by molar-refractivity contribution is -0.119. The van der Waals surface area contributed by atoms with Gasteiger partial charge in [-0.3, -0.25) is 14.4 Å². The Morgan fingerprint density at radius 2 is 1.50 bits per heavy atom. The second-order valence-corrected chi connectivity index (χ2v) is 7.87. The van der Waals surface area contributed by atoms with Crippen molar-refractivity contribution in [2.45, 2.75) is 25.8 Å². The van der Waals surface area contributed by atoms with Gasteiger partial charge in [-0.15, -0.1) is 0 Å². The van der Waals surface area contributed by atoms with E-state index in [4.69, 9.17) is 0 Å². The number of rotatable bonds is 3. The van der Waals surface area contributed by atoms with Crippen LogP contribution in [0.5, 0.6) is 0 Å². The maximum Gasteiger partial charge on any atom is 0.290 e. The molecule has 0 N–H and O–H groups in total. The third-order valence-corrected chi connectivity index (χ3v) is 6.05. The lowest BCUT2D eigenvalue weighted by atomic mass is 10.1. The van der Waals surface area contributed by atoms with Crippen molar-refractivity contribution >= 4 is 18.2 Å². The summed E-state index contributed by atoms with van der Waals surface area (Å²) in [6, 6.07) is 0. The molecular formula is C19H28N6O3. The van der Waals surface area contributed by atoms with Gasteiger partial charge in [0, 0.05) is 58.9 Å². The molecule has 2 fully saturated rings. The van der Waals surface area contributed by atoms with Crippen LogP contribution in [0.15, 0.2) is 0 Å². The molecule has 0 aliphatic carbocycles. The predicted octanol–water partition coefficient (Wildman–Crippen LogP) is -0.479. The Morgan fingerprint density at radius 3 is 2.18 bits per heavy atom. The molecule has 28 heavy (non-hydrogen) atoms. The van der Waals surface area contributed by atoms with Crippen molar-refractivity contribution in [2.24, 2.45) is 0 Å². The van der Waals surface area contributed by atoms with E-state index in [1.54, 1.807) is 9.80 Å². The van der Waals surface area contributed by atoms with E-state index in [-0.39, 0.29) is 11.8 Å². The fourth-order valence-corrected chi connectivity index (χ4v) is 4.21. The van der Waals surface area contributed by atoms with Crippen molar-refractivity contribution in [3.8, 4) is 0 Å². The van der Waals surface area contributed by atoms with Crippen LogP contribution in [0.1, 0.15) is 39.6 Å². The molecule has 4 heterocycles. The zero-order valence-corrected chi connectivity index (χ0v) is 16.5. The quantitative estimate of drug-likeness (QED) is 0.654. The molecule has 9 heteroatoms. The Balaban J connectivity index is 1.58. The number of fused-ring (bicyclic) bond motifs is 1. The third kappa shape index (κ3) is 3.50. The molecule has 0 aromatic carbocycles. The molecule has 3 amide bonds. The number of imidazole rings is 1. The van der Waals surface area contributed by atoms with Crippen molar-refractivity contribution in [1.29, 1.82) is 0 Å². The first-order valence-electron chi connectivity index (χ1n) is 10.1. The molecule has 3 aliphatic heterocycles.